The molecule has 0 bridgehead atoms. The van der Waals surface area contributed by atoms with Crippen molar-refractivity contribution in [1.82, 2.24) is 10.3 Å². The fraction of sp³-hybridized carbons (Fsp3) is 0.353. The first-order chi connectivity index (χ1) is 9.65. The van der Waals surface area contributed by atoms with Gasteiger partial charge in [-0.3, -0.25) is 4.98 Å². The minimum atomic E-state index is 0.268. The molecular formula is C17H21BrN2. The number of hydrogen-bond acceptors (Lipinski definition) is 2. The second kappa shape index (κ2) is 7.00. The Morgan fingerprint density at radius 3 is 2.65 bits per heavy atom. The third-order valence-electron chi connectivity index (χ3n) is 3.65. The van der Waals surface area contributed by atoms with E-state index in [1.54, 1.807) is 0 Å². The van der Waals surface area contributed by atoms with Crippen LogP contribution in [0.25, 0.3) is 0 Å². The molecule has 2 rings (SSSR count). The number of rotatable bonds is 5. The van der Waals surface area contributed by atoms with Crippen molar-refractivity contribution in [3.05, 3.63) is 63.4 Å². The maximum absolute atomic E-state index is 4.56. The lowest BCUT2D eigenvalue weighted by atomic mass is 10.00. The van der Waals surface area contributed by atoms with Gasteiger partial charge in [-0.15, -0.1) is 0 Å². The lowest BCUT2D eigenvalue weighted by Gasteiger charge is -2.19. The highest BCUT2D eigenvalue weighted by atomic mass is 79.9. The van der Waals surface area contributed by atoms with Crippen molar-refractivity contribution >= 4 is 15.9 Å². The standard InChI is InChI=1S/C17H21BrN2/c1-4-13-8-9-14(20-11-13)10-16(19-3)15-7-5-6-12(2)17(15)18/h5-9,11,16,19H,4,10H2,1-3H3. The van der Waals surface area contributed by atoms with Crippen LogP contribution in [0.2, 0.25) is 0 Å². The number of nitrogens with zero attached hydrogens (tertiary/aromatic N) is 1. The third-order valence-corrected chi connectivity index (χ3v) is 4.74. The van der Waals surface area contributed by atoms with Crippen LogP contribution in [-0.4, -0.2) is 12.0 Å². The number of aryl methyl sites for hydroxylation is 2. The van der Waals surface area contributed by atoms with Crippen molar-refractivity contribution in [2.75, 3.05) is 7.05 Å². The van der Waals surface area contributed by atoms with Crippen molar-refractivity contribution in [3.8, 4) is 0 Å². The molecule has 0 spiro atoms. The Morgan fingerprint density at radius 1 is 1.25 bits per heavy atom. The Labute approximate surface area is 129 Å². The first kappa shape index (κ1) is 15.2. The van der Waals surface area contributed by atoms with E-state index in [0.29, 0.717) is 0 Å². The van der Waals surface area contributed by atoms with E-state index in [1.807, 2.05) is 13.2 Å². The van der Waals surface area contributed by atoms with Gasteiger partial charge in [-0.1, -0.05) is 47.1 Å². The zero-order valence-corrected chi connectivity index (χ0v) is 13.9. The molecule has 106 valence electrons. The Balaban J connectivity index is 2.21. The van der Waals surface area contributed by atoms with Crippen LogP contribution in [0.5, 0.6) is 0 Å². The van der Waals surface area contributed by atoms with E-state index in [0.717, 1.165) is 18.5 Å². The highest BCUT2D eigenvalue weighted by molar-refractivity contribution is 9.10. The molecule has 1 aromatic carbocycles. The Morgan fingerprint density at radius 2 is 2.05 bits per heavy atom. The van der Waals surface area contributed by atoms with Crippen molar-refractivity contribution in [1.29, 1.82) is 0 Å². The molecule has 0 aliphatic carbocycles. The van der Waals surface area contributed by atoms with Crippen LogP contribution in [0.15, 0.2) is 41.0 Å². The van der Waals surface area contributed by atoms with E-state index < -0.39 is 0 Å². The monoisotopic (exact) mass is 332 g/mol. The van der Waals surface area contributed by atoms with Gasteiger partial charge in [0.1, 0.15) is 0 Å². The first-order valence-corrected chi connectivity index (χ1v) is 7.81. The molecule has 0 aliphatic rings. The molecule has 0 saturated carbocycles. The fourth-order valence-corrected chi connectivity index (χ4v) is 2.84. The van der Waals surface area contributed by atoms with Crippen molar-refractivity contribution in [2.24, 2.45) is 0 Å². The SMILES string of the molecule is CCc1ccc(CC(NC)c2cccc(C)c2Br)nc1. The van der Waals surface area contributed by atoms with Gasteiger partial charge in [-0.2, -0.15) is 0 Å². The summed E-state index contributed by atoms with van der Waals surface area (Å²) in [5.74, 6) is 0. The highest BCUT2D eigenvalue weighted by Crippen LogP contribution is 2.28. The molecule has 1 atom stereocenters. The summed E-state index contributed by atoms with van der Waals surface area (Å²) in [4.78, 5) is 4.56. The maximum Gasteiger partial charge on any atom is 0.0422 e. The second-order valence-corrected chi connectivity index (χ2v) is 5.83. The normalized spacial score (nSPS) is 12.4. The third kappa shape index (κ3) is 3.47. The fourth-order valence-electron chi connectivity index (χ4n) is 2.30. The molecule has 1 unspecified atom stereocenters. The summed E-state index contributed by atoms with van der Waals surface area (Å²) in [6.45, 7) is 4.27. The average Bonchev–Trinajstić information content (AvgIpc) is 2.48. The summed E-state index contributed by atoms with van der Waals surface area (Å²) < 4.78 is 1.18. The number of nitrogens with one attached hydrogen (secondary N) is 1. The molecule has 1 aromatic heterocycles. The van der Waals surface area contributed by atoms with E-state index in [4.69, 9.17) is 0 Å². The molecule has 0 saturated heterocycles. The van der Waals surface area contributed by atoms with Crippen LogP contribution in [-0.2, 0) is 12.8 Å². The lowest BCUT2D eigenvalue weighted by Crippen LogP contribution is -2.20. The molecule has 0 aliphatic heterocycles. The van der Waals surface area contributed by atoms with Crippen molar-refractivity contribution in [3.63, 3.8) is 0 Å². The summed E-state index contributed by atoms with van der Waals surface area (Å²) in [6, 6.07) is 11.0. The van der Waals surface area contributed by atoms with Gasteiger partial charge in [-0.05, 0) is 43.1 Å². The Kier molecular flexibility index (Phi) is 5.32. The van der Waals surface area contributed by atoms with Gasteiger partial charge < -0.3 is 5.32 Å². The lowest BCUT2D eigenvalue weighted by molar-refractivity contribution is 0.581. The predicted molar refractivity (Wildman–Crippen MR) is 88.0 cm³/mol. The molecular weight excluding hydrogens is 312 g/mol. The number of halogens is 1. The average molecular weight is 333 g/mol. The van der Waals surface area contributed by atoms with Crippen molar-refractivity contribution < 1.29 is 0 Å². The van der Waals surface area contributed by atoms with Crippen LogP contribution in [0.3, 0.4) is 0 Å². The molecule has 1 heterocycles. The van der Waals surface area contributed by atoms with Gasteiger partial charge in [0.05, 0.1) is 0 Å². The zero-order valence-electron chi connectivity index (χ0n) is 12.3. The van der Waals surface area contributed by atoms with Crippen LogP contribution < -0.4 is 5.32 Å². The van der Waals surface area contributed by atoms with Crippen molar-refractivity contribution in [2.45, 2.75) is 32.7 Å². The molecule has 2 nitrogen and oxygen atoms in total. The first-order valence-electron chi connectivity index (χ1n) is 7.01. The number of benzene rings is 1. The number of pyridine rings is 1. The smallest absolute Gasteiger partial charge is 0.0422 e. The van der Waals surface area contributed by atoms with Crippen LogP contribution >= 0.6 is 15.9 Å². The largest absolute Gasteiger partial charge is 0.313 e. The molecule has 1 N–H and O–H groups in total. The quantitative estimate of drug-likeness (QED) is 0.886. The van der Waals surface area contributed by atoms with Gasteiger partial charge in [-0.25, -0.2) is 0 Å². The minimum absolute atomic E-state index is 0.268. The van der Waals surface area contributed by atoms with Crippen LogP contribution in [0.4, 0.5) is 0 Å². The predicted octanol–water partition coefficient (Wildman–Crippen LogP) is 4.22. The molecule has 0 radical (unpaired) electrons. The summed E-state index contributed by atoms with van der Waals surface area (Å²) in [7, 11) is 2.00. The number of aromatic nitrogens is 1. The maximum atomic E-state index is 4.56. The number of hydrogen-bond donors (Lipinski definition) is 1. The van der Waals surface area contributed by atoms with Crippen LogP contribution in [0, 0.1) is 6.92 Å². The summed E-state index contributed by atoms with van der Waals surface area (Å²) >= 11 is 3.70. The van der Waals surface area contributed by atoms with Gasteiger partial charge >= 0.3 is 0 Å². The van der Waals surface area contributed by atoms with E-state index in [2.05, 4.69) is 70.4 Å². The van der Waals surface area contributed by atoms with E-state index >= 15 is 0 Å². The van der Waals surface area contributed by atoms with E-state index in [1.165, 1.54) is 21.2 Å². The number of likely N-dealkylation sites (N-methyl/N-ethyl adjacent to an activating group) is 1. The molecule has 0 amide bonds. The highest BCUT2D eigenvalue weighted by Gasteiger charge is 2.14. The van der Waals surface area contributed by atoms with E-state index in [9.17, 15) is 0 Å². The summed E-state index contributed by atoms with van der Waals surface area (Å²) in [5, 5.41) is 3.39. The minimum Gasteiger partial charge on any atom is -0.313 e. The second-order valence-electron chi connectivity index (χ2n) is 5.03. The van der Waals surface area contributed by atoms with Gasteiger partial charge in [0.15, 0.2) is 0 Å². The Bertz CT molecular complexity index is 564. The molecule has 20 heavy (non-hydrogen) atoms. The topological polar surface area (TPSA) is 24.9 Å². The molecule has 0 fully saturated rings. The van der Waals surface area contributed by atoms with Gasteiger partial charge in [0.2, 0.25) is 0 Å². The van der Waals surface area contributed by atoms with Crippen LogP contribution in [0.1, 0.15) is 35.3 Å². The molecule has 3 heteroatoms. The van der Waals surface area contributed by atoms with E-state index in [-0.39, 0.29) is 6.04 Å². The van der Waals surface area contributed by atoms with Gasteiger partial charge in [0.25, 0.3) is 0 Å². The summed E-state index contributed by atoms with van der Waals surface area (Å²) in [6.07, 6.45) is 3.90. The molecule has 2 aromatic rings. The zero-order chi connectivity index (χ0) is 14.5. The van der Waals surface area contributed by atoms with Gasteiger partial charge in [0, 0.05) is 28.8 Å². The Hall–Kier alpha value is -1.19. The summed E-state index contributed by atoms with van der Waals surface area (Å²) in [5.41, 5.74) is 4.95.